The standard InChI is InChI=1S/C20H28O3/c1-14(7-6-8-15(2)11-19(22)23)9-10-18-16(3)12-17(21)13-20(18,4)5/h6-11,17,21H,12-13H2,1-5H3,(H,22,23)/b8-6+,10-9+,14-7-,15-11+. The zero-order valence-corrected chi connectivity index (χ0v) is 14.8. The topological polar surface area (TPSA) is 57.5 Å². The summed E-state index contributed by atoms with van der Waals surface area (Å²) in [6, 6.07) is 0. The van der Waals surface area contributed by atoms with Gasteiger partial charge in [0.15, 0.2) is 0 Å². The Balaban J connectivity index is 2.84. The van der Waals surface area contributed by atoms with Crippen molar-refractivity contribution in [2.24, 2.45) is 5.41 Å². The number of carboxylic acid groups (broad SMARTS) is 1. The Hall–Kier alpha value is -1.87. The Morgan fingerprint density at radius 2 is 1.87 bits per heavy atom. The van der Waals surface area contributed by atoms with E-state index in [-0.39, 0.29) is 11.5 Å². The largest absolute Gasteiger partial charge is 0.478 e. The molecular formula is C20H28O3. The van der Waals surface area contributed by atoms with Crippen LogP contribution in [0.25, 0.3) is 0 Å². The van der Waals surface area contributed by atoms with E-state index in [1.807, 2.05) is 19.1 Å². The molecule has 0 aliphatic heterocycles. The van der Waals surface area contributed by atoms with Crippen LogP contribution in [0.1, 0.15) is 47.5 Å². The highest BCUT2D eigenvalue weighted by Crippen LogP contribution is 2.40. The zero-order chi connectivity index (χ0) is 17.6. The Labute approximate surface area is 139 Å². The quantitative estimate of drug-likeness (QED) is 0.577. The second-order valence-electron chi connectivity index (χ2n) is 6.97. The van der Waals surface area contributed by atoms with E-state index in [9.17, 15) is 9.90 Å². The molecule has 0 saturated heterocycles. The van der Waals surface area contributed by atoms with Crippen molar-refractivity contribution in [3.63, 3.8) is 0 Å². The molecule has 0 saturated carbocycles. The van der Waals surface area contributed by atoms with E-state index < -0.39 is 5.97 Å². The summed E-state index contributed by atoms with van der Waals surface area (Å²) in [5.41, 5.74) is 4.31. The summed E-state index contributed by atoms with van der Waals surface area (Å²) in [4.78, 5) is 10.5. The lowest BCUT2D eigenvalue weighted by Crippen LogP contribution is -2.28. The van der Waals surface area contributed by atoms with Crippen LogP contribution < -0.4 is 0 Å². The van der Waals surface area contributed by atoms with Crippen LogP contribution in [-0.2, 0) is 4.79 Å². The van der Waals surface area contributed by atoms with Crippen LogP contribution in [-0.4, -0.2) is 22.3 Å². The number of rotatable bonds is 5. The number of carboxylic acids is 1. The molecule has 1 aliphatic carbocycles. The highest BCUT2D eigenvalue weighted by atomic mass is 16.4. The fraction of sp³-hybridized carbons (Fsp3) is 0.450. The molecule has 1 aliphatic rings. The molecule has 0 radical (unpaired) electrons. The van der Waals surface area contributed by atoms with Crippen molar-refractivity contribution >= 4 is 5.97 Å². The molecule has 0 amide bonds. The Bertz CT molecular complexity index is 598. The first-order chi connectivity index (χ1) is 10.6. The minimum Gasteiger partial charge on any atom is -0.478 e. The molecule has 0 aromatic rings. The van der Waals surface area contributed by atoms with Crippen LogP contribution in [0.2, 0.25) is 0 Å². The summed E-state index contributed by atoms with van der Waals surface area (Å²) in [6.07, 6.45) is 12.2. The number of aliphatic carboxylic acids is 1. The molecule has 0 fully saturated rings. The van der Waals surface area contributed by atoms with Crippen molar-refractivity contribution in [2.75, 3.05) is 0 Å². The molecular weight excluding hydrogens is 288 g/mol. The molecule has 2 N–H and O–H groups in total. The molecule has 0 aromatic carbocycles. The Kier molecular flexibility index (Phi) is 6.77. The maximum Gasteiger partial charge on any atom is 0.328 e. The van der Waals surface area contributed by atoms with Crippen molar-refractivity contribution < 1.29 is 15.0 Å². The van der Waals surface area contributed by atoms with Gasteiger partial charge < -0.3 is 10.2 Å². The lowest BCUT2D eigenvalue weighted by molar-refractivity contribution is -0.131. The number of carbonyl (C=O) groups is 1. The third-order valence-electron chi connectivity index (χ3n) is 4.06. The minimum atomic E-state index is -0.933. The van der Waals surface area contributed by atoms with E-state index in [0.29, 0.717) is 5.57 Å². The van der Waals surface area contributed by atoms with Crippen molar-refractivity contribution in [2.45, 2.75) is 53.6 Å². The highest BCUT2D eigenvalue weighted by Gasteiger charge is 2.31. The highest BCUT2D eigenvalue weighted by molar-refractivity contribution is 5.81. The average molecular weight is 316 g/mol. The van der Waals surface area contributed by atoms with Gasteiger partial charge in [0.1, 0.15) is 0 Å². The molecule has 3 nitrogen and oxygen atoms in total. The second-order valence-corrected chi connectivity index (χ2v) is 6.97. The van der Waals surface area contributed by atoms with E-state index in [4.69, 9.17) is 5.11 Å². The van der Waals surface area contributed by atoms with Crippen LogP contribution in [0.5, 0.6) is 0 Å². The van der Waals surface area contributed by atoms with Crippen LogP contribution >= 0.6 is 0 Å². The lowest BCUT2D eigenvalue weighted by atomic mass is 9.71. The van der Waals surface area contributed by atoms with Gasteiger partial charge in [0.25, 0.3) is 0 Å². The molecule has 3 heteroatoms. The average Bonchev–Trinajstić information content (AvgIpc) is 2.35. The van der Waals surface area contributed by atoms with Crippen LogP contribution in [0, 0.1) is 5.41 Å². The Morgan fingerprint density at radius 1 is 1.22 bits per heavy atom. The SMILES string of the molecule is CC1=C(/C=C/C(C)=C\C=C\C(C)=C\C(=O)O)C(C)(C)CC(O)C1. The molecule has 0 spiro atoms. The Morgan fingerprint density at radius 3 is 2.43 bits per heavy atom. The summed E-state index contributed by atoms with van der Waals surface area (Å²) in [6.45, 7) is 10.2. The third kappa shape index (κ3) is 6.41. The van der Waals surface area contributed by atoms with Crippen molar-refractivity contribution in [3.8, 4) is 0 Å². The first-order valence-corrected chi connectivity index (χ1v) is 7.94. The van der Waals surface area contributed by atoms with Crippen LogP contribution in [0.3, 0.4) is 0 Å². The zero-order valence-electron chi connectivity index (χ0n) is 14.8. The van der Waals surface area contributed by atoms with Gasteiger partial charge in [-0.25, -0.2) is 4.79 Å². The fourth-order valence-electron chi connectivity index (χ4n) is 3.04. The summed E-state index contributed by atoms with van der Waals surface area (Å²) in [5, 5.41) is 18.6. The third-order valence-corrected chi connectivity index (χ3v) is 4.06. The van der Waals surface area contributed by atoms with Gasteiger partial charge in [-0.05, 0) is 50.2 Å². The van der Waals surface area contributed by atoms with Gasteiger partial charge in [0.05, 0.1) is 6.10 Å². The predicted octanol–water partition coefficient (Wildman–Crippen LogP) is 4.57. The van der Waals surface area contributed by atoms with E-state index in [2.05, 4.69) is 32.9 Å². The molecule has 0 heterocycles. The van der Waals surface area contributed by atoms with Gasteiger partial charge in [0, 0.05) is 6.08 Å². The molecule has 0 aromatic heterocycles. The van der Waals surface area contributed by atoms with Crippen LogP contribution in [0.4, 0.5) is 0 Å². The normalized spacial score (nSPS) is 23.1. The van der Waals surface area contributed by atoms with Gasteiger partial charge in [-0.15, -0.1) is 0 Å². The molecule has 23 heavy (non-hydrogen) atoms. The summed E-state index contributed by atoms with van der Waals surface area (Å²) < 4.78 is 0. The number of allylic oxidation sites excluding steroid dienone is 8. The number of hydrogen-bond donors (Lipinski definition) is 2. The summed E-state index contributed by atoms with van der Waals surface area (Å²) in [5.74, 6) is -0.933. The lowest BCUT2D eigenvalue weighted by Gasteiger charge is -2.35. The predicted molar refractivity (Wildman–Crippen MR) is 95.2 cm³/mol. The van der Waals surface area contributed by atoms with E-state index >= 15 is 0 Å². The molecule has 1 atom stereocenters. The molecule has 126 valence electrons. The minimum absolute atomic E-state index is 0.0187. The van der Waals surface area contributed by atoms with Gasteiger partial charge >= 0.3 is 5.97 Å². The first kappa shape index (κ1) is 19.2. The first-order valence-electron chi connectivity index (χ1n) is 7.94. The van der Waals surface area contributed by atoms with Gasteiger partial charge in [-0.3, -0.25) is 0 Å². The van der Waals surface area contributed by atoms with Crippen molar-refractivity contribution in [3.05, 3.63) is 58.7 Å². The van der Waals surface area contributed by atoms with Crippen LogP contribution in [0.15, 0.2) is 58.7 Å². The summed E-state index contributed by atoms with van der Waals surface area (Å²) in [7, 11) is 0. The molecule has 1 unspecified atom stereocenters. The van der Waals surface area contributed by atoms with Gasteiger partial charge in [-0.2, -0.15) is 0 Å². The number of hydrogen-bond acceptors (Lipinski definition) is 2. The number of aliphatic hydroxyl groups excluding tert-OH is 1. The van der Waals surface area contributed by atoms with Crippen molar-refractivity contribution in [1.82, 2.24) is 0 Å². The summed E-state index contributed by atoms with van der Waals surface area (Å²) >= 11 is 0. The molecule has 1 rings (SSSR count). The fourth-order valence-corrected chi connectivity index (χ4v) is 3.04. The number of aliphatic hydroxyl groups is 1. The van der Waals surface area contributed by atoms with Gasteiger partial charge in [-0.1, -0.05) is 55.4 Å². The van der Waals surface area contributed by atoms with Crippen molar-refractivity contribution in [1.29, 1.82) is 0 Å². The van der Waals surface area contributed by atoms with Gasteiger partial charge in [0.2, 0.25) is 0 Å². The molecule has 0 bridgehead atoms. The maximum absolute atomic E-state index is 10.5. The maximum atomic E-state index is 10.5. The monoisotopic (exact) mass is 316 g/mol. The van der Waals surface area contributed by atoms with E-state index in [1.165, 1.54) is 17.2 Å². The smallest absolute Gasteiger partial charge is 0.328 e. The van der Waals surface area contributed by atoms with E-state index in [1.54, 1.807) is 13.0 Å². The second kappa shape index (κ2) is 8.11. The van der Waals surface area contributed by atoms with E-state index in [0.717, 1.165) is 18.4 Å².